The van der Waals surface area contributed by atoms with Crippen LogP contribution in [0.15, 0.2) is 18.2 Å². The summed E-state index contributed by atoms with van der Waals surface area (Å²) >= 11 is 0. The summed E-state index contributed by atoms with van der Waals surface area (Å²) in [5.41, 5.74) is 6.42. The Bertz CT molecular complexity index is 379. The number of esters is 1. The van der Waals surface area contributed by atoms with E-state index in [4.69, 9.17) is 19.9 Å². The van der Waals surface area contributed by atoms with Crippen molar-refractivity contribution in [3.63, 3.8) is 0 Å². The van der Waals surface area contributed by atoms with Crippen LogP contribution in [0.25, 0.3) is 0 Å². The summed E-state index contributed by atoms with van der Waals surface area (Å²) in [5, 5.41) is 0. The summed E-state index contributed by atoms with van der Waals surface area (Å²) < 4.78 is 15.3. The number of carbonyl (C=O) groups excluding carboxylic acids is 1. The maximum absolute atomic E-state index is 11.7. The number of rotatable bonds is 6. The van der Waals surface area contributed by atoms with Gasteiger partial charge in [0, 0.05) is 12.3 Å². The number of hydrogen-bond acceptors (Lipinski definition) is 5. The molecule has 0 aromatic heterocycles. The van der Waals surface area contributed by atoms with E-state index in [2.05, 4.69) is 0 Å². The van der Waals surface area contributed by atoms with E-state index >= 15 is 0 Å². The van der Waals surface area contributed by atoms with Crippen molar-refractivity contribution in [3.05, 3.63) is 23.8 Å². The minimum absolute atomic E-state index is 0.0901. The fourth-order valence-corrected chi connectivity index (χ4v) is 1.23. The quantitative estimate of drug-likeness (QED) is 0.355. The van der Waals surface area contributed by atoms with Crippen LogP contribution >= 0.6 is 0 Å². The Labute approximate surface area is 100 Å². The SMILES string of the molecule is CCOCOc1ccc(N)cc1C(=O)OCC. The molecule has 0 fully saturated rings. The third-order valence-electron chi connectivity index (χ3n) is 2.00. The molecule has 0 heterocycles. The molecular formula is C12H17NO4. The molecule has 1 rings (SSSR count). The van der Waals surface area contributed by atoms with Gasteiger partial charge in [0.25, 0.3) is 0 Å². The third kappa shape index (κ3) is 3.96. The molecule has 5 nitrogen and oxygen atoms in total. The van der Waals surface area contributed by atoms with E-state index in [1.165, 1.54) is 6.07 Å². The third-order valence-corrected chi connectivity index (χ3v) is 2.00. The summed E-state index contributed by atoms with van der Waals surface area (Å²) in [6.45, 7) is 4.54. The maximum Gasteiger partial charge on any atom is 0.341 e. The monoisotopic (exact) mass is 239 g/mol. The molecule has 94 valence electrons. The standard InChI is InChI=1S/C12H17NO4/c1-3-15-8-17-11-6-5-9(13)7-10(11)12(14)16-4-2/h5-7H,3-4,8,13H2,1-2H3. The van der Waals surface area contributed by atoms with Crippen molar-refractivity contribution in [1.29, 1.82) is 0 Å². The molecule has 0 radical (unpaired) electrons. The molecule has 0 aliphatic carbocycles. The summed E-state index contributed by atoms with van der Waals surface area (Å²) in [5.74, 6) is -0.0441. The number of carbonyl (C=O) groups is 1. The van der Waals surface area contributed by atoms with Crippen molar-refractivity contribution in [3.8, 4) is 5.75 Å². The average Bonchev–Trinajstić information content (AvgIpc) is 2.31. The first-order valence-electron chi connectivity index (χ1n) is 5.46. The van der Waals surface area contributed by atoms with Gasteiger partial charge in [-0.3, -0.25) is 0 Å². The lowest BCUT2D eigenvalue weighted by Gasteiger charge is -2.11. The first-order valence-corrected chi connectivity index (χ1v) is 5.46. The summed E-state index contributed by atoms with van der Waals surface area (Å²) in [6.07, 6.45) is 0. The van der Waals surface area contributed by atoms with Gasteiger partial charge in [0.2, 0.25) is 0 Å². The van der Waals surface area contributed by atoms with Crippen molar-refractivity contribution in [1.82, 2.24) is 0 Å². The van der Waals surface area contributed by atoms with Crippen molar-refractivity contribution >= 4 is 11.7 Å². The molecule has 0 aliphatic rings. The molecule has 0 aliphatic heterocycles. The number of ether oxygens (including phenoxy) is 3. The van der Waals surface area contributed by atoms with Gasteiger partial charge in [-0.25, -0.2) is 4.79 Å². The molecule has 1 aromatic carbocycles. The molecule has 2 N–H and O–H groups in total. The van der Waals surface area contributed by atoms with Crippen LogP contribution < -0.4 is 10.5 Å². The topological polar surface area (TPSA) is 70.8 Å². The second-order valence-electron chi connectivity index (χ2n) is 3.23. The first-order chi connectivity index (χ1) is 8.19. The number of nitrogens with two attached hydrogens (primary N) is 1. The Morgan fingerprint density at radius 1 is 1.29 bits per heavy atom. The smallest absolute Gasteiger partial charge is 0.341 e. The van der Waals surface area contributed by atoms with E-state index in [0.717, 1.165) is 0 Å². The summed E-state index contributed by atoms with van der Waals surface area (Å²) in [6, 6.07) is 4.81. The minimum Gasteiger partial charge on any atom is -0.467 e. The molecule has 1 aromatic rings. The number of hydrogen-bond donors (Lipinski definition) is 1. The highest BCUT2D eigenvalue weighted by molar-refractivity contribution is 5.93. The van der Waals surface area contributed by atoms with Crippen LogP contribution in [0.5, 0.6) is 5.75 Å². The lowest BCUT2D eigenvalue weighted by Crippen LogP contribution is -2.10. The van der Waals surface area contributed by atoms with Crippen molar-refractivity contribution in [2.75, 3.05) is 25.7 Å². The largest absolute Gasteiger partial charge is 0.467 e. The molecule has 0 amide bonds. The van der Waals surface area contributed by atoms with Crippen molar-refractivity contribution in [2.45, 2.75) is 13.8 Å². The van der Waals surface area contributed by atoms with Crippen molar-refractivity contribution < 1.29 is 19.0 Å². The van der Waals surface area contributed by atoms with E-state index < -0.39 is 5.97 Å². The van der Waals surface area contributed by atoms with Gasteiger partial charge in [-0.05, 0) is 32.0 Å². The second-order valence-corrected chi connectivity index (χ2v) is 3.23. The van der Waals surface area contributed by atoms with E-state index in [1.54, 1.807) is 19.1 Å². The number of benzene rings is 1. The van der Waals surface area contributed by atoms with Gasteiger partial charge in [0.1, 0.15) is 11.3 Å². The molecule has 0 unspecified atom stereocenters. The van der Waals surface area contributed by atoms with Crippen molar-refractivity contribution in [2.24, 2.45) is 0 Å². The van der Waals surface area contributed by atoms with E-state index in [-0.39, 0.29) is 6.79 Å². The normalized spacial score (nSPS) is 10.0. The number of nitrogen functional groups attached to an aromatic ring is 1. The zero-order chi connectivity index (χ0) is 12.7. The van der Waals surface area contributed by atoms with Crippen LogP contribution in [0.3, 0.4) is 0 Å². The van der Waals surface area contributed by atoms with Crippen LogP contribution in [0.2, 0.25) is 0 Å². The van der Waals surface area contributed by atoms with Gasteiger partial charge in [-0.1, -0.05) is 0 Å². The van der Waals surface area contributed by atoms with Gasteiger partial charge < -0.3 is 19.9 Å². The zero-order valence-corrected chi connectivity index (χ0v) is 10.1. The van der Waals surface area contributed by atoms with Gasteiger partial charge in [-0.15, -0.1) is 0 Å². The molecule has 5 heteroatoms. The van der Waals surface area contributed by atoms with E-state index in [9.17, 15) is 4.79 Å². The summed E-state index contributed by atoms with van der Waals surface area (Å²) in [7, 11) is 0. The predicted molar refractivity (Wildman–Crippen MR) is 63.9 cm³/mol. The Hall–Kier alpha value is -1.75. The molecule has 17 heavy (non-hydrogen) atoms. The molecular weight excluding hydrogens is 222 g/mol. The molecule has 0 saturated heterocycles. The fourth-order valence-electron chi connectivity index (χ4n) is 1.23. The van der Waals surface area contributed by atoms with Gasteiger partial charge in [0.05, 0.1) is 6.61 Å². The van der Waals surface area contributed by atoms with Gasteiger partial charge in [0.15, 0.2) is 6.79 Å². The average molecular weight is 239 g/mol. The predicted octanol–water partition coefficient (Wildman–Crippen LogP) is 1.82. The maximum atomic E-state index is 11.7. The molecule has 0 atom stereocenters. The highest BCUT2D eigenvalue weighted by atomic mass is 16.7. The van der Waals surface area contributed by atoms with Crippen LogP contribution in [0, 0.1) is 0 Å². The highest BCUT2D eigenvalue weighted by Gasteiger charge is 2.14. The fraction of sp³-hybridized carbons (Fsp3) is 0.417. The highest BCUT2D eigenvalue weighted by Crippen LogP contribution is 2.22. The second kappa shape index (κ2) is 6.75. The number of anilines is 1. The lowest BCUT2D eigenvalue weighted by atomic mass is 10.2. The Balaban J connectivity index is 2.83. The van der Waals surface area contributed by atoms with Crippen LogP contribution in [-0.4, -0.2) is 26.0 Å². The molecule has 0 saturated carbocycles. The van der Waals surface area contributed by atoms with Gasteiger partial charge >= 0.3 is 5.97 Å². The van der Waals surface area contributed by atoms with Gasteiger partial charge in [-0.2, -0.15) is 0 Å². The molecule has 0 bridgehead atoms. The zero-order valence-electron chi connectivity index (χ0n) is 10.1. The Morgan fingerprint density at radius 2 is 2.06 bits per heavy atom. The lowest BCUT2D eigenvalue weighted by molar-refractivity contribution is 0.0207. The van der Waals surface area contributed by atoms with E-state index in [1.807, 2.05) is 6.92 Å². The summed E-state index contributed by atoms with van der Waals surface area (Å²) in [4.78, 5) is 11.7. The molecule has 0 spiro atoms. The first kappa shape index (κ1) is 13.3. The van der Waals surface area contributed by atoms with Crippen LogP contribution in [0.4, 0.5) is 5.69 Å². The van der Waals surface area contributed by atoms with Crippen LogP contribution in [0.1, 0.15) is 24.2 Å². The minimum atomic E-state index is -0.453. The Kier molecular flexibility index (Phi) is 5.29. The van der Waals surface area contributed by atoms with E-state index in [0.29, 0.717) is 30.2 Å². The Morgan fingerprint density at radius 3 is 2.71 bits per heavy atom. The van der Waals surface area contributed by atoms with Crippen LogP contribution in [-0.2, 0) is 9.47 Å².